The molecule has 1 aromatic rings. The van der Waals surface area contributed by atoms with Gasteiger partial charge in [-0.25, -0.2) is 0 Å². The second-order valence-corrected chi connectivity index (χ2v) is 3.59. The van der Waals surface area contributed by atoms with Crippen molar-refractivity contribution in [1.29, 1.82) is 0 Å². The number of nitrogens with two attached hydrogens (primary N) is 1. The van der Waals surface area contributed by atoms with Crippen LogP contribution in [0.3, 0.4) is 0 Å². The minimum atomic E-state index is -0.191. The fraction of sp³-hybridized carbons (Fsp3) is 0.727. The molecule has 0 saturated heterocycles. The second-order valence-electron chi connectivity index (χ2n) is 3.59. The van der Waals surface area contributed by atoms with E-state index in [-0.39, 0.29) is 6.04 Å². The predicted molar refractivity (Wildman–Crippen MR) is 62.5 cm³/mol. The molecule has 0 bridgehead atoms. The lowest BCUT2D eigenvalue weighted by Crippen LogP contribution is -2.22. The van der Waals surface area contributed by atoms with Crippen LogP contribution in [0.2, 0.25) is 0 Å². The first-order chi connectivity index (χ1) is 7.74. The molecule has 0 aromatic carbocycles. The maximum Gasteiger partial charge on any atom is 0.161 e. The number of aromatic nitrogens is 2. The maximum atomic E-state index is 6.07. The van der Waals surface area contributed by atoms with E-state index in [9.17, 15) is 0 Å². The molecule has 0 saturated carbocycles. The van der Waals surface area contributed by atoms with Gasteiger partial charge in [0.1, 0.15) is 0 Å². The van der Waals surface area contributed by atoms with E-state index in [0.717, 1.165) is 24.4 Å². The van der Waals surface area contributed by atoms with E-state index in [4.69, 9.17) is 15.2 Å². The van der Waals surface area contributed by atoms with E-state index in [1.807, 2.05) is 11.6 Å². The Bertz CT molecular complexity index is 312. The van der Waals surface area contributed by atoms with E-state index >= 15 is 0 Å². The molecule has 2 N–H and O–H groups in total. The van der Waals surface area contributed by atoms with E-state index in [1.165, 1.54) is 0 Å². The van der Waals surface area contributed by atoms with Crippen molar-refractivity contribution in [2.45, 2.75) is 32.9 Å². The average molecular weight is 227 g/mol. The number of methoxy groups -OCH3 is 1. The lowest BCUT2D eigenvalue weighted by molar-refractivity contribution is 0.130. The normalized spacial score (nSPS) is 12.8. The highest BCUT2D eigenvalue weighted by Crippen LogP contribution is 2.23. The first kappa shape index (κ1) is 13.0. The summed E-state index contributed by atoms with van der Waals surface area (Å²) in [7, 11) is 1.63. The second kappa shape index (κ2) is 6.50. The number of rotatable bonds is 7. The van der Waals surface area contributed by atoms with E-state index in [1.54, 1.807) is 13.3 Å². The summed E-state index contributed by atoms with van der Waals surface area (Å²) in [5, 5.41) is 4.26. The van der Waals surface area contributed by atoms with Gasteiger partial charge in [0.15, 0.2) is 5.75 Å². The van der Waals surface area contributed by atoms with E-state index < -0.39 is 0 Å². The van der Waals surface area contributed by atoms with Crippen LogP contribution in [0.25, 0.3) is 0 Å². The molecule has 0 amide bonds. The summed E-state index contributed by atoms with van der Waals surface area (Å²) in [4.78, 5) is 0. The molecule has 0 aliphatic heterocycles. The summed E-state index contributed by atoms with van der Waals surface area (Å²) in [5.41, 5.74) is 6.98. The van der Waals surface area contributed by atoms with Crippen molar-refractivity contribution in [3.63, 3.8) is 0 Å². The van der Waals surface area contributed by atoms with Crippen molar-refractivity contribution in [2.75, 3.05) is 20.3 Å². The molecule has 0 fully saturated rings. The largest absolute Gasteiger partial charge is 0.493 e. The minimum absolute atomic E-state index is 0.191. The molecule has 1 aromatic heterocycles. The number of nitrogens with zero attached hydrogens (tertiary/aromatic N) is 2. The zero-order valence-corrected chi connectivity index (χ0v) is 10.3. The molecule has 1 unspecified atom stereocenters. The summed E-state index contributed by atoms with van der Waals surface area (Å²) in [6.45, 7) is 6.05. The Morgan fingerprint density at radius 1 is 1.50 bits per heavy atom. The standard InChI is InChI=1S/C11H21N3O2/c1-4-6-14-11(9(12)8-16-5-2)10(15-3)7-13-14/h7,9H,4-6,8,12H2,1-3H3. The zero-order valence-electron chi connectivity index (χ0n) is 10.3. The highest BCUT2D eigenvalue weighted by Gasteiger charge is 2.18. The minimum Gasteiger partial charge on any atom is -0.493 e. The van der Waals surface area contributed by atoms with Gasteiger partial charge in [-0.15, -0.1) is 0 Å². The Morgan fingerprint density at radius 3 is 2.81 bits per heavy atom. The molecule has 16 heavy (non-hydrogen) atoms. The molecule has 0 aliphatic rings. The molecule has 5 heteroatoms. The van der Waals surface area contributed by atoms with Crippen molar-refractivity contribution in [1.82, 2.24) is 9.78 Å². The van der Waals surface area contributed by atoms with Crippen LogP contribution in [0.1, 0.15) is 32.0 Å². The first-order valence-electron chi connectivity index (χ1n) is 5.67. The quantitative estimate of drug-likeness (QED) is 0.763. The maximum absolute atomic E-state index is 6.07. The number of aryl methyl sites for hydroxylation is 1. The van der Waals surface area contributed by atoms with E-state index in [0.29, 0.717) is 13.2 Å². The van der Waals surface area contributed by atoms with Crippen molar-refractivity contribution >= 4 is 0 Å². The van der Waals surface area contributed by atoms with Gasteiger partial charge < -0.3 is 15.2 Å². The highest BCUT2D eigenvalue weighted by atomic mass is 16.5. The molecular weight excluding hydrogens is 206 g/mol. The molecule has 1 atom stereocenters. The average Bonchev–Trinajstić information content (AvgIpc) is 2.69. The van der Waals surface area contributed by atoms with Gasteiger partial charge in [0.25, 0.3) is 0 Å². The Hall–Kier alpha value is -1.07. The smallest absolute Gasteiger partial charge is 0.161 e. The summed E-state index contributed by atoms with van der Waals surface area (Å²) in [6, 6.07) is -0.191. The molecule has 1 rings (SSSR count). The summed E-state index contributed by atoms with van der Waals surface area (Å²) in [6.07, 6.45) is 2.72. The zero-order chi connectivity index (χ0) is 12.0. The van der Waals surface area contributed by atoms with Crippen LogP contribution in [0.4, 0.5) is 0 Å². The van der Waals surface area contributed by atoms with E-state index in [2.05, 4.69) is 12.0 Å². The Morgan fingerprint density at radius 2 is 2.25 bits per heavy atom. The van der Waals surface area contributed by atoms with Gasteiger partial charge in [-0.05, 0) is 13.3 Å². The van der Waals surface area contributed by atoms with Crippen molar-refractivity contribution in [3.8, 4) is 5.75 Å². The third-order valence-corrected chi connectivity index (χ3v) is 2.35. The Labute approximate surface area is 96.5 Å². The van der Waals surface area contributed by atoms with Gasteiger partial charge in [-0.2, -0.15) is 5.10 Å². The van der Waals surface area contributed by atoms with Crippen LogP contribution in [-0.2, 0) is 11.3 Å². The van der Waals surface area contributed by atoms with Crippen LogP contribution < -0.4 is 10.5 Å². The highest BCUT2D eigenvalue weighted by molar-refractivity contribution is 5.28. The van der Waals surface area contributed by atoms with Gasteiger partial charge in [0, 0.05) is 13.2 Å². The van der Waals surface area contributed by atoms with Crippen LogP contribution in [-0.4, -0.2) is 30.1 Å². The SMILES string of the molecule is CCCn1ncc(OC)c1C(N)COCC. The Kier molecular flexibility index (Phi) is 5.28. The third-order valence-electron chi connectivity index (χ3n) is 2.35. The van der Waals surface area contributed by atoms with Crippen molar-refractivity contribution in [2.24, 2.45) is 5.73 Å². The molecule has 92 valence electrons. The molecule has 0 aliphatic carbocycles. The van der Waals surface area contributed by atoms with Crippen LogP contribution in [0.15, 0.2) is 6.20 Å². The first-order valence-corrected chi connectivity index (χ1v) is 5.67. The van der Waals surface area contributed by atoms with Crippen LogP contribution >= 0.6 is 0 Å². The fourth-order valence-electron chi connectivity index (χ4n) is 1.62. The molecular formula is C11H21N3O2. The fourth-order valence-corrected chi connectivity index (χ4v) is 1.62. The van der Waals surface area contributed by atoms with Crippen LogP contribution in [0.5, 0.6) is 5.75 Å². The van der Waals surface area contributed by atoms with Gasteiger partial charge in [0.2, 0.25) is 0 Å². The lowest BCUT2D eigenvalue weighted by atomic mass is 10.2. The number of hydrogen-bond donors (Lipinski definition) is 1. The molecule has 0 radical (unpaired) electrons. The van der Waals surface area contributed by atoms with Gasteiger partial charge in [-0.3, -0.25) is 4.68 Å². The molecule has 5 nitrogen and oxygen atoms in total. The van der Waals surface area contributed by atoms with Crippen molar-refractivity contribution < 1.29 is 9.47 Å². The summed E-state index contributed by atoms with van der Waals surface area (Å²) >= 11 is 0. The van der Waals surface area contributed by atoms with Gasteiger partial charge in [0.05, 0.1) is 31.6 Å². The number of ether oxygens (including phenoxy) is 2. The predicted octanol–water partition coefficient (Wildman–Crippen LogP) is 1.34. The molecule has 1 heterocycles. The molecule has 0 spiro atoms. The van der Waals surface area contributed by atoms with Crippen LogP contribution in [0, 0.1) is 0 Å². The summed E-state index contributed by atoms with van der Waals surface area (Å²) < 4.78 is 12.5. The topological polar surface area (TPSA) is 62.3 Å². The van der Waals surface area contributed by atoms with Crippen molar-refractivity contribution in [3.05, 3.63) is 11.9 Å². The monoisotopic (exact) mass is 227 g/mol. The third kappa shape index (κ3) is 2.96. The lowest BCUT2D eigenvalue weighted by Gasteiger charge is -2.15. The summed E-state index contributed by atoms with van der Waals surface area (Å²) in [5.74, 6) is 0.737. The van der Waals surface area contributed by atoms with Gasteiger partial charge >= 0.3 is 0 Å². The number of hydrogen-bond acceptors (Lipinski definition) is 4. The van der Waals surface area contributed by atoms with Gasteiger partial charge in [-0.1, -0.05) is 6.92 Å². The Balaban J connectivity index is 2.84.